The molecule has 1 amide bonds. The van der Waals surface area contributed by atoms with E-state index in [1.807, 2.05) is 4.90 Å². The Bertz CT molecular complexity index is 544. The van der Waals surface area contributed by atoms with Crippen molar-refractivity contribution in [3.05, 3.63) is 30.1 Å². The first kappa shape index (κ1) is 20.5. The predicted molar refractivity (Wildman–Crippen MR) is 106 cm³/mol. The molecule has 1 aliphatic rings. The zero-order valence-corrected chi connectivity index (χ0v) is 16.4. The molecule has 0 aliphatic carbocycles. The van der Waals surface area contributed by atoms with Crippen LogP contribution in [0, 0.1) is 5.82 Å². The molecule has 0 spiro atoms. The first-order valence-electron chi connectivity index (χ1n) is 7.80. The quantitative estimate of drug-likeness (QED) is 0.413. The summed E-state index contributed by atoms with van der Waals surface area (Å²) in [6.07, 6.45) is 0.442. The highest BCUT2D eigenvalue weighted by Crippen LogP contribution is 2.17. The molecule has 1 saturated heterocycles. The lowest BCUT2D eigenvalue weighted by molar-refractivity contribution is -0.131. The number of rotatable bonds is 4. The Morgan fingerprint density at radius 3 is 2.38 bits per heavy atom. The molecule has 1 fully saturated rings. The summed E-state index contributed by atoms with van der Waals surface area (Å²) in [6.45, 7) is 3.48. The van der Waals surface area contributed by atoms with Gasteiger partial charge in [-0.3, -0.25) is 9.79 Å². The fourth-order valence-corrected chi connectivity index (χ4v) is 2.59. The zero-order valence-electron chi connectivity index (χ0n) is 14.1. The number of carbonyl (C=O) groups excluding carboxylic acids is 1. The highest BCUT2D eigenvalue weighted by Gasteiger charge is 2.20. The summed E-state index contributed by atoms with van der Waals surface area (Å²) in [5.74, 6) is 0.591. The highest BCUT2D eigenvalue weighted by molar-refractivity contribution is 14.0. The molecule has 8 heteroatoms. The van der Waals surface area contributed by atoms with Gasteiger partial charge in [0.05, 0.1) is 0 Å². The predicted octanol–water partition coefficient (Wildman–Crippen LogP) is 1.28. The van der Waals surface area contributed by atoms with Crippen molar-refractivity contribution in [1.29, 1.82) is 0 Å². The number of nitrogens with zero attached hydrogens (tertiary/aromatic N) is 3. The lowest BCUT2D eigenvalue weighted by Gasteiger charge is -2.36. The van der Waals surface area contributed by atoms with Gasteiger partial charge in [-0.1, -0.05) is 0 Å². The van der Waals surface area contributed by atoms with E-state index in [2.05, 4.69) is 20.5 Å². The van der Waals surface area contributed by atoms with Crippen LogP contribution in [-0.4, -0.2) is 63.6 Å². The van der Waals surface area contributed by atoms with Gasteiger partial charge >= 0.3 is 0 Å². The molecule has 1 aromatic carbocycles. The average Bonchev–Trinajstić information content (AvgIpc) is 2.59. The summed E-state index contributed by atoms with van der Waals surface area (Å²) in [7, 11) is 3.47. The normalized spacial score (nSPS) is 14.9. The van der Waals surface area contributed by atoms with E-state index in [9.17, 15) is 9.18 Å². The maximum atomic E-state index is 13.0. The zero-order chi connectivity index (χ0) is 16.7. The van der Waals surface area contributed by atoms with E-state index in [0.717, 1.165) is 18.8 Å². The Balaban J connectivity index is 0.00000288. The van der Waals surface area contributed by atoms with Crippen LogP contribution in [0.4, 0.5) is 10.1 Å². The summed E-state index contributed by atoms with van der Waals surface area (Å²) < 4.78 is 13.0. The van der Waals surface area contributed by atoms with Crippen molar-refractivity contribution in [3.63, 3.8) is 0 Å². The van der Waals surface area contributed by atoms with Crippen LogP contribution in [0.15, 0.2) is 29.3 Å². The SMILES string of the molecule is CN=C(NC)NCCC(=O)N1CCN(c2ccc(F)cc2)CC1.I. The fourth-order valence-electron chi connectivity index (χ4n) is 2.59. The minimum atomic E-state index is -0.230. The van der Waals surface area contributed by atoms with E-state index < -0.39 is 0 Å². The van der Waals surface area contributed by atoms with Crippen molar-refractivity contribution < 1.29 is 9.18 Å². The van der Waals surface area contributed by atoms with Crippen molar-refractivity contribution >= 4 is 41.5 Å². The molecule has 2 N–H and O–H groups in total. The van der Waals surface area contributed by atoms with Gasteiger partial charge in [0.25, 0.3) is 0 Å². The molecular weight excluding hydrogens is 424 g/mol. The largest absolute Gasteiger partial charge is 0.368 e. The number of carbonyl (C=O) groups is 1. The summed E-state index contributed by atoms with van der Waals surface area (Å²) in [4.78, 5) is 20.3. The van der Waals surface area contributed by atoms with Gasteiger partial charge < -0.3 is 20.4 Å². The molecule has 134 valence electrons. The van der Waals surface area contributed by atoms with Crippen LogP contribution in [0.2, 0.25) is 0 Å². The van der Waals surface area contributed by atoms with E-state index in [0.29, 0.717) is 32.0 Å². The Hall–Kier alpha value is -1.58. The number of amides is 1. The van der Waals surface area contributed by atoms with Crippen LogP contribution in [-0.2, 0) is 4.79 Å². The second-order valence-electron chi connectivity index (χ2n) is 5.34. The fraction of sp³-hybridized carbons (Fsp3) is 0.500. The smallest absolute Gasteiger partial charge is 0.224 e. The first-order chi connectivity index (χ1) is 11.1. The van der Waals surface area contributed by atoms with Gasteiger partial charge in [-0.25, -0.2) is 4.39 Å². The van der Waals surface area contributed by atoms with Gasteiger partial charge in [-0.2, -0.15) is 0 Å². The van der Waals surface area contributed by atoms with Gasteiger partial charge in [0.1, 0.15) is 5.82 Å². The molecular formula is C16H25FIN5O. The van der Waals surface area contributed by atoms with Gasteiger partial charge in [0.2, 0.25) is 5.91 Å². The first-order valence-corrected chi connectivity index (χ1v) is 7.80. The molecule has 24 heavy (non-hydrogen) atoms. The number of aliphatic imine (C=N–C) groups is 1. The summed E-state index contributed by atoms with van der Waals surface area (Å²) >= 11 is 0. The van der Waals surface area contributed by atoms with Gasteiger partial charge in [0, 0.05) is 58.9 Å². The highest BCUT2D eigenvalue weighted by atomic mass is 127. The summed E-state index contributed by atoms with van der Waals surface area (Å²) in [5, 5.41) is 5.99. The van der Waals surface area contributed by atoms with E-state index in [-0.39, 0.29) is 35.7 Å². The number of benzene rings is 1. The molecule has 0 radical (unpaired) electrons. The third-order valence-electron chi connectivity index (χ3n) is 3.92. The van der Waals surface area contributed by atoms with E-state index in [1.54, 1.807) is 26.2 Å². The van der Waals surface area contributed by atoms with Crippen LogP contribution in [0.3, 0.4) is 0 Å². The molecule has 0 aromatic heterocycles. The molecule has 0 atom stereocenters. The third-order valence-corrected chi connectivity index (χ3v) is 3.92. The maximum absolute atomic E-state index is 13.0. The van der Waals surface area contributed by atoms with Crippen LogP contribution in [0.1, 0.15) is 6.42 Å². The van der Waals surface area contributed by atoms with Crippen molar-refractivity contribution in [3.8, 4) is 0 Å². The monoisotopic (exact) mass is 449 g/mol. The Kier molecular flexibility index (Phi) is 8.80. The molecule has 0 saturated carbocycles. The van der Waals surface area contributed by atoms with Crippen molar-refractivity contribution in [2.24, 2.45) is 4.99 Å². The maximum Gasteiger partial charge on any atom is 0.224 e. The standard InChI is InChI=1S/C16H24FN5O.HI/c1-18-16(19-2)20-8-7-15(23)22-11-9-21(10-12-22)14-5-3-13(17)4-6-14;/h3-6H,7-12H2,1-2H3,(H2,18,19,20);1H. The Morgan fingerprint density at radius 2 is 1.83 bits per heavy atom. The van der Waals surface area contributed by atoms with Gasteiger partial charge in [-0.15, -0.1) is 24.0 Å². The molecule has 1 aliphatic heterocycles. The lowest BCUT2D eigenvalue weighted by Crippen LogP contribution is -2.49. The van der Waals surface area contributed by atoms with Gasteiger partial charge in [-0.05, 0) is 24.3 Å². The number of piperazine rings is 1. The molecule has 0 unspecified atom stereocenters. The number of guanidine groups is 1. The summed E-state index contributed by atoms with van der Waals surface area (Å²) in [5.41, 5.74) is 0.998. The molecule has 0 bridgehead atoms. The molecule has 2 rings (SSSR count). The van der Waals surface area contributed by atoms with E-state index in [4.69, 9.17) is 0 Å². The number of nitrogens with one attached hydrogen (secondary N) is 2. The average molecular weight is 449 g/mol. The van der Waals surface area contributed by atoms with E-state index in [1.165, 1.54) is 12.1 Å². The minimum Gasteiger partial charge on any atom is -0.368 e. The second kappa shape index (κ2) is 10.3. The number of hydrogen-bond donors (Lipinski definition) is 2. The number of halogens is 2. The van der Waals surface area contributed by atoms with Crippen LogP contribution in [0.25, 0.3) is 0 Å². The van der Waals surface area contributed by atoms with Crippen LogP contribution in [0.5, 0.6) is 0 Å². The minimum absolute atomic E-state index is 0. The topological polar surface area (TPSA) is 60.0 Å². The number of anilines is 1. The van der Waals surface area contributed by atoms with Crippen molar-refractivity contribution in [2.45, 2.75) is 6.42 Å². The molecule has 1 aromatic rings. The van der Waals surface area contributed by atoms with Crippen LogP contribution < -0.4 is 15.5 Å². The number of hydrogen-bond acceptors (Lipinski definition) is 3. The van der Waals surface area contributed by atoms with Crippen molar-refractivity contribution in [2.75, 3.05) is 51.7 Å². The molecule has 6 nitrogen and oxygen atoms in total. The summed E-state index contributed by atoms with van der Waals surface area (Å²) in [6, 6.07) is 6.49. The Labute approximate surface area is 159 Å². The van der Waals surface area contributed by atoms with E-state index >= 15 is 0 Å². The second-order valence-corrected chi connectivity index (χ2v) is 5.34. The van der Waals surface area contributed by atoms with Crippen molar-refractivity contribution in [1.82, 2.24) is 15.5 Å². The lowest BCUT2D eigenvalue weighted by atomic mass is 10.2. The van der Waals surface area contributed by atoms with Crippen LogP contribution >= 0.6 is 24.0 Å². The van der Waals surface area contributed by atoms with Gasteiger partial charge in [0.15, 0.2) is 5.96 Å². The molecule has 1 heterocycles. The Morgan fingerprint density at radius 1 is 1.21 bits per heavy atom. The third kappa shape index (κ3) is 5.81.